The Morgan fingerprint density at radius 3 is 2.78 bits per heavy atom. The molecule has 0 unspecified atom stereocenters. The summed E-state index contributed by atoms with van der Waals surface area (Å²) in [6.07, 6.45) is 0.870. The first-order valence-corrected chi connectivity index (χ1v) is 5.97. The number of ketones is 1. The Morgan fingerprint density at radius 2 is 2.06 bits per heavy atom. The number of nitrogens with one attached hydrogen (secondary N) is 1. The molecule has 1 aliphatic rings. The van der Waals surface area contributed by atoms with Gasteiger partial charge in [-0.3, -0.25) is 9.59 Å². The number of hydrogen-bond acceptors (Lipinski definition) is 3. The molecule has 2 heterocycles. The number of halogens is 1. The van der Waals surface area contributed by atoms with E-state index in [1.807, 2.05) is 25.1 Å². The Labute approximate surface area is 108 Å². The average Bonchev–Trinajstić information content (AvgIpc) is 2.65. The van der Waals surface area contributed by atoms with Crippen molar-refractivity contribution < 1.29 is 9.59 Å². The second-order valence-electron chi connectivity index (χ2n) is 4.14. The standard InChI is InChI=1S/C13H9ClN2O2/c1-2-6-3-4-7-8(5-6)11(14)15-12-9(7)10(17)13(18)16-12/h3-5H,2H2,1H3,(H,15,16,17,18). The minimum atomic E-state index is -0.652. The third-order valence-corrected chi connectivity index (χ3v) is 3.38. The number of aryl methyl sites for hydroxylation is 1. The van der Waals surface area contributed by atoms with Crippen molar-refractivity contribution in [3.8, 4) is 0 Å². The Kier molecular flexibility index (Phi) is 2.35. The highest BCUT2D eigenvalue weighted by atomic mass is 35.5. The first-order valence-electron chi connectivity index (χ1n) is 5.59. The van der Waals surface area contributed by atoms with Gasteiger partial charge in [0.25, 0.3) is 11.7 Å². The van der Waals surface area contributed by atoms with Crippen molar-refractivity contribution in [3.05, 3.63) is 34.5 Å². The van der Waals surface area contributed by atoms with E-state index in [0.29, 0.717) is 21.5 Å². The van der Waals surface area contributed by atoms with Crippen LogP contribution in [0.25, 0.3) is 10.8 Å². The van der Waals surface area contributed by atoms with Crippen molar-refractivity contribution in [2.45, 2.75) is 13.3 Å². The topological polar surface area (TPSA) is 59.1 Å². The first kappa shape index (κ1) is 11.2. The van der Waals surface area contributed by atoms with Crippen LogP contribution in [0.2, 0.25) is 5.15 Å². The maximum Gasteiger partial charge on any atom is 0.298 e. The number of hydrogen-bond donors (Lipinski definition) is 1. The summed E-state index contributed by atoms with van der Waals surface area (Å²) in [7, 11) is 0. The second-order valence-corrected chi connectivity index (χ2v) is 4.50. The van der Waals surface area contributed by atoms with Gasteiger partial charge in [-0.1, -0.05) is 30.7 Å². The highest BCUT2D eigenvalue weighted by molar-refractivity contribution is 6.54. The zero-order valence-corrected chi connectivity index (χ0v) is 10.3. The van der Waals surface area contributed by atoms with Crippen LogP contribution >= 0.6 is 11.6 Å². The molecule has 0 saturated carbocycles. The van der Waals surface area contributed by atoms with Crippen molar-refractivity contribution in [2.75, 3.05) is 5.32 Å². The van der Waals surface area contributed by atoms with E-state index in [9.17, 15) is 9.59 Å². The second kappa shape index (κ2) is 3.78. The molecule has 0 bridgehead atoms. The summed E-state index contributed by atoms with van der Waals surface area (Å²) in [5.41, 5.74) is 1.43. The van der Waals surface area contributed by atoms with Gasteiger partial charge in [-0.2, -0.15) is 0 Å². The van der Waals surface area contributed by atoms with Crippen molar-refractivity contribution in [3.63, 3.8) is 0 Å². The molecule has 0 saturated heterocycles. The highest BCUT2D eigenvalue weighted by Crippen LogP contribution is 2.33. The molecule has 90 valence electrons. The number of carbonyl (C=O) groups is 2. The Hall–Kier alpha value is -1.94. The van der Waals surface area contributed by atoms with E-state index in [1.54, 1.807) is 0 Å². The van der Waals surface area contributed by atoms with Gasteiger partial charge in [-0.05, 0) is 23.4 Å². The minimum Gasteiger partial charge on any atom is -0.303 e. The molecule has 1 aliphatic heterocycles. The molecule has 1 N–H and O–H groups in total. The van der Waals surface area contributed by atoms with Gasteiger partial charge in [0.05, 0.1) is 5.56 Å². The zero-order chi connectivity index (χ0) is 12.9. The third kappa shape index (κ3) is 1.42. The summed E-state index contributed by atoms with van der Waals surface area (Å²) < 4.78 is 0. The van der Waals surface area contributed by atoms with Crippen molar-refractivity contribution in [1.82, 2.24) is 4.98 Å². The van der Waals surface area contributed by atoms with E-state index in [4.69, 9.17) is 11.6 Å². The van der Waals surface area contributed by atoms with Crippen LogP contribution in [0.15, 0.2) is 18.2 Å². The summed E-state index contributed by atoms with van der Waals surface area (Å²) in [6.45, 7) is 2.03. The number of rotatable bonds is 1. The predicted molar refractivity (Wildman–Crippen MR) is 69.1 cm³/mol. The molecule has 2 aromatic rings. The summed E-state index contributed by atoms with van der Waals surface area (Å²) in [6, 6.07) is 5.65. The fourth-order valence-electron chi connectivity index (χ4n) is 2.14. The molecule has 18 heavy (non-hydrogen) atoms. The molecule has 0 radical (unpaired) electrons. The lowest BCUT2D eigenvalue weighted by Gasteiger charge is -2.06. The lowest BCUT2D eigenvalue weighted by atomic mass is 10.0. The SMILES string of the molecule is CCc1ccc2c3c(nc(Cl)c2c1)NC(=O)C3=O. The molecule has 0 fully saturated rings. The van der Waals surface area contributed by atoms with Gasteiger partial charge in [0.15, 0.2) is 0 Å². The lowest BCUT2D eigenvalue weighted by molar-refractivity contribution is -0.112. The predicted octanol–water partition coefficient (Wildman–Crippen LogP) is 2.59. The van der Waals surface area contributed by atoms with Crippen molar-refractivity contribution in [1.29, 1.82) is 0 Å². The van der Waals surface area contributed by atoms with Gasteiger partial charge in [-0.15, -0.1) is 0 Å². The number of Topliss-reactive ketones (excluding diaryl/α,β-unsaturated/α-hetero) is 1. The number of carbonyl (C=O) groups excluding carboxylic acids is 2. The molecule has 4 nitrogen and oxygen atoms in total. The largest absolute Gasteiger partial charge is 0.303 e. The number of pyridine rings is 1. The van der Waals surface area contributed by atoms with Gasteiger partial charge >= 0.3 is 0 Å². The number of nitrogens with zero attached hydrogens (tertiary/aromatic N) is 1. The monoisotopic (exact) mass is 260 g/mol. The van der Waals surface area contributed by atoms with Crippen molar-refractivity contribution >= 4 is 39.9 Å². The summed E-state index contributed by atoms with van der Waals surface area (Å²) in [4.78, 5) is 27.2. The minimum absolute atomic E-state index is 0.256. The van der Waals surface area contributed by atoms with Crippen LogP contribution in [-0.2, 0) is 11.2 Å². The Balaban J connectivity index is 2.40. The van der Waals surface area contributed by atoms with Gasteiger partial charge in [0.2, 0.25) is 0 Å². The van der Waals surface area contributed by atoms with E-state index in [2.05, 4.69) is 10.3 Å². The highest BCUT2D eigenvalue weighted by Gasteiger charge is 2.32. The lowest BCUT2D eigenvalue weighted by Crippen LogP contribution is -2.12. The molecule has 1 aromatic heterocycles. The van der Waals surface area contributed by atoms with Gasteiger partial charge in [0, 0.05) is 5.39 Å². The first-order chi connectivity index (χ1) is 8.61. The molecule has 0 atom stereocenters. The number of fused-ring (bicyclic) bond motifs is 3. The molecule has 0 spiro atoms. The fourth-order valence-corrected chi connectivity index (χ4v) is 2.38. The Bertz CT molecular complexity index is 710. The van der Waals surface area contributed by atoms with E-state index in [1.165, 1.54) is 0 Å². The quantitative estimate of drug-likeness (QED) is 0.633. The average molecular weight is 261 g/mol. The van der Waals surface area contributed by atoms with Crippen LogP contribution in [0.1, 0.15) is 22.8 Å². The fraction of sp³-hybridized carbons (Fsp3) is 0.154. The molecule has 0 aliphatic carbocycles. The summed E-state index contributed by atoms with van der Waals surface area (Å²) >= 11 is 6.09. The zero-order valence-electron chi connectivity index (χ0n) is 9.58. The molecular weight excluding hydrogens is 252 g/mol. The molecule has 5 heteroatoms. The number of aromatic nitrogens is 1. The van der Waals surface area contributed by atoms with Gasteiger partial charge in [-0.25, -0.2) is 4.98 Å². The van der Waals surface area contributed by atoms with Crippen LogP contribution in [0.5, 0.6) is 0 Å². The third-order valence-electron chi connectivity index (χ3n) is 3.10. The molecule has 1 aromatic carbocycles. The van der Waals surface area contributed by atoms with E-state index in [0.717, 1.165) is 12.0 Å². The Morgan fingerprint density at radius 1 is 1.28 bits per heavy atom. The van der Waals surface area contributed by atoms with Crippen LogP contribution in [0.3, 0.4) is 0 Å². The number of benzene rings is 1. The molecule has 3 rings (SSSR count). The van der Waals surface area contributed by atoms with E-state index < -0.39 is 11.7 Å². The van der Waals surface area contributed by atoms with Crippen LogP contribution in [0, 0.1) is 0 Å². The van der Waals surface area contributed by atoms with E-state index in [-0.39, 0.29) is 5.82 Å². The number of amides is 1. The summed E-state index contributed by atoms with van der Waals surface area (Å²) in [5.74, 6) is -0.948. The van der Waals surface area contributed by atoms with Crippen molar-refractivity contribution in [2.24, 2.45) is 0 Å². The maximum absolute atomic E-state index is 11.8. The van der Waals surface area contributed by atoms with Gasteiger partial charge < -0.3 is 5.32 Å². The molecule has 1 amide bonds. The van der Waals surface area contributed by atoms with Crippen LogP contribution in [-0.4, -0.2) is 16.7 Å². The molecular formula is C13H9ClN2O2. The maximum atomic E-state index is 11.8. The summed E-state index contributed by atoms with van der Waals surface area (Å²) in [5, 5.41) is 4.10. The van der Waals surface area contributed by atoms with Gasteiger partial charge in [0.1, 0.15) is 11.0 Å². The van der Waals surface area contributed by atoms with Crippen LogP contribution < -0.4 is 5.32 Å². The van der Waals surface area contributed by atoms with E-state index >= 15 is 0 Å². The number of anilines is 1. The normalized spacial score (nSPS) is 13.9. The smallest absolute Gasteiger partial charge is 0.298 e. The van der Waals surface area contributed by atoms with Crippen LogP contribution in [0.4, 0.5) is 5.82 Å².